The van der Waals surface area contributed by atoms with Crippen molar-refractivity contribution in [3.63, 3.8) is 0 Å². The van der Waals surface area contributed by atoms with Crippen molar-refractivity contribution in [3.05, 3.63) is 30.2 Å². The Morgan fingerprint density at radius 3 is 3.08 bits per heavy atom. The Morgan fingerprint density at radius 2 is 2.33 bits per heavy atom. The minimum Gasteiger partial charge on any atom is -0.282 e. The third kappa shape index (κ3) is 0.830. The van der Waals surface area contributed by atoms with Crippen molar-refractivity contribution in [1.29, 1.82) is 0 Å². The normalized spacial score (nSPS) is 10.4. The van der Waals surface area contributed by atoms with Gasteiger partial charge < -0.3 is 0 Å². The van der Waals surface area contributed by atoms with E-state index in [1.54, 1.807) is 18.5 Å². The van der Waals surface area contributed by atoms with Crippen LogP contribution in [0, 0.1) is 6.92 Å². The van der Waals surface area contributed by atoms with Crippen LogP contribution >= 0.6 is 0 Å². The summed E-state index contributed by atoms with van der Waals surface area (Å²) in [5.41, 5.74) is 2.98. The Bertz CT molecular complexity index is 428. The van der Waals surface area contributed by atoms with Crippen molar-refractivity contribution in [2.24, 2.45) is 0 Å². The number of H-pyrrole nitrogens is 1. The van der Waals surface area contributed by atoms with Crippen LogP contribution in [0.3, 0.4) is 0 Å². The van der Waals surface area contributed by atoms with Crippen LogP contribution in [-0.4, -0.2) is 15.2 Å². The molecule has 2 aromatic rings. The van der Waals surface area contributed by atoms with Gasteiger partial charge in [-0.25, -0.2) is 0 Å². The molecule has 0 aliphatic heterocycles. The molecule has 2 aromatic heterocycles. The Labute approximate surface area is 70.1 Å². The molecular formula is C9H9N3. The molecule has 0 fully saturated rings. The molecule has 0 radical (unpaired) electrons. The second-order valence-electron chi connectivity index (χ2n) is 2.68. The van der Waals surface area contributed by atoms with Crippen molar-refractivity contribution in [2.45, 2.75) is 6.92 Å². The summed E-state index contributed by atoms with van der Waals surface area (Å²) in [5, 5.41) is 8.12. The van der Waals surface area contributed by atoms with Crippen molar-refractivity contribution >= 4 is 17.0 Å². The van der Waals surface area contributed by atoms with Gasteiger partial charge in [0.1, 0.15) is 5.52 Å². The number of fused-ring (bicyclic) bond motifs is 1. The molecule has 0 saturated heterocycles. The third-order valence-electron chi connectivity index (χ3n) is 1.89. The van der Waals surface area contributed by atoms with E-state index in [2.05, 4.69) is 21.8 Å². The van der Waals surface area contributed by atoms with Gasteiger partial charge in [0.25, 0.3) is 0 Å². The van der Waals surface area contributed by atoms with Crippen LogP contribution < -0.4 is 0 Å². The molecular weight excluding hydrogens is 150 g/mol. The van der Waals surface area contributed by atoms with E-state index in [0.717, 1.165) is 22.2 Å². The average Bonchev–Trinajstić information content (AvgIpc) is 2.48. The van der Waals surface area contributed by atoms with Gasteiger partial charge in [-0.3, -0.25) is 10.1 Å². The first kappa shape index (κ1) is 7.03. The van der Waals surface area contributed by atoms with Gasteiger partial charge >= 0.3 is 0 Å². The third-order valence-corrected chi connectivity index (χ3v) is 1.89. The highest BCUT2D eigenvalue weighted by Crippen LogP contribution is 2.18. The smallest absolute Gasteiger partial charge is 0.111 e. The Morgan fingerprint density at radius 1 is 1.50 bits per heavy atom. The second-order valence-corrected chi connectivity index (χ2v) is 2.68. The summed E-state index contributed by atoms with van der Waals surface area (Å²) in [4.78, 5) is 4.04. The number of rotatable bonds is 1. The van der Waals surface area contributed by atoms with Crippen molar-refractivity contribution in [1.82, 2.24) is 15.2 Å². The minimum absolute atomic E-state index is 0.893. The molecule has 12 heavy (non-hydrogen) atoms. The number of nitrogens with one attached hydrogen (secondary N) is 1. The van der Waals surface area contributed by atoms with Gasteiger partial charge in [0.2, 0.25) is 0 Å². The molecule has 0 bridgehead atoms. The number of hydrogen-bond donors (Lipinski definition) is 1. The molecule has 0 atom stereocenters. The van der Waals surface area contributed by atoms with Crippen LogP contribution in [0.4, 0.5) is 0 Å². The predicted molar refractivity (Wildman–Crippen MR) is 48.7 cm³/mol. The Balaban J connectivity index is 2.93. The highest BCUT2D eigenvalue weighted by Gasteiger charge is 2.03. The maximum absolute atomic E-state index is 4.09. The monoisotopic (exact) mass is 159 g/mol. The highest BCUT2D eigenvalue weighted by atomic mass is 15.1. The van der Waals surface area contributed by atoms with Crippen molar-refractivity contribution in [2.75, 3.05) is 0 Å². The highest BCUT2D eigenvalue weighted by molar-refractivity contribution is 5.88. The fourth-order valence-electron chi connectivity index (χ4n) is 1.31. The standard InChI is InChI=1S/C9H9N3/c1-3-7-4-10-5-8-9(7)6(2)11-12-8/h3-5H,1H2,2H3,(H,11,12). The molecule has 2 rings (SSSR count). The quantitative estimate of drug-likeness (QED) is 0.690. The molecule has 3 heteroatoms. The summed E-state index contributed by atoms with van der Waals surface area (Å²) in [7, 11) is 0. The van der Waals surface area contributed by atoms with E-state index >= 15 is 0 Å². The molecule has 0 aliphatic rings. The van der Waals surface area contributed by atoms with Gasteiger partial charge in [-0.2, -0.15) is 5.10 Å². The Hall–Kier alpha value is -1.64. The maximum atomic E-state index is 4.09. The van der Waals surface area contributed by atoms with Gasteiger partial charge in [0.15, 0.2) is 0 Å². The van der Waals surface area contributed by atoms with Gasteiger partial charge in [0.05, 0.1) is 6.20 Å². The lowest BCUT2D eigenvalue weighted by Gasteiger charge is -1.94. The summed E-state index contributed by atoms with van der Waals surface area (Å²) >= 11 is 0. The van der Waals surface area contributed by atoms with E-state index < -0.39 is 0 Å². The minimum atomic E-state index is 0.893. The number of hydrogen-bond acceptors (Lipinski definition) is 2. The largest absolute Gasteiger partial charge is 0.282 e. The number of aromatic amines is 1. The van der Waals surface area contributed by atoms with Gasteiger partial charge in [-0.15, -0.1) is 0 Å². The van der Waals surface area contributed by atoms with Crippen LogP contribution in [0.5, 0.6) is 0 Å². The Kier molecular flexibility index (Phi) is 1.43. The van der Waals surface area contributed by atoms with Crippen molar-refractivity contribution < 1.29 is 0 Å². The number of pyridine rings is 1. The van der Waals surface area contributed by atoms with Gasteiger partial charge in [0, 0.05) is 22.8 Å². The van der Waals surface area contributed by atoms with E-state index in [0.29, 0.717) is 0 Å². The molecule has 0 spiro atoms. The molecule has 0 unspecified atom stereocenters. The molecule has 0 aliphatic carbocycles. The zero-order valence-corrected chi connectivity index (χ0v) is 6.83. The SMILES string of the molecule is C=Cc1cncc2n[nH]c(C)c12. The first-order chi connectivity index (χ1) is 5.83. The number of aromatic nitrogens is 3. The molecule has 0 aromatic carbocycles. The fraction of sp³-hybridized carbons (Fsp3) is 0.111. The topological polar surface area (TPSA) is 41.6 Å². The van der Waals surface area contributed by atoms with E-state index in [-0.39, 0.29) is 0 Å². The van der Waals surface area contributed by atoms with E-state index in [1.807, 2.05) is 6.92 Å². The molecule has 60 valence electrons. The lowest BCUT2D eigenvalue weighted by molar-refractivity contribution is 1.07. The first-order valence-electron chi connectivity index (χ1n) is 3.74. The predicted octanol–water partition coefficient (Wildman–Crippen LogP) is 1.91. The van der Waals surface area contributed by atoms with Crippen molar-refractivity contribution in [3.8, 4) is 0 Å². The van der Waals surface area contributed by atoms with E-state index in [1.165, 1.54) is 0 Å². The van der Waals surface area contributed by atoms with E-state index in [9.17, 15) is 0 Å². The zero-order chi connectivity index (χ0) is 8.55. The summed E-state index contributed by atoms with van der Waals surface area (Å²) < 4.78 is 0. The zero-order valence-electron chi connectivity index (χ0n) is 6.83. The summed E-state index contributed by atoms with van der Waals surface area (Å²) in [6.45, 7) is 5.71. The molecule has 0 saturated carbocycles. The summed E-state index contributed by atoms with van der Waals surface area (Å²) in [5.74, 6) is 0. The summed E-state index contributed by atoms with van der Waals surface area (Å²) in [6.07, 6.45) is 5.32. The molecule has 2 heterocycles. The second kappa shape index (κ2) is 2.44. The van der Waals surface area contributed by atoms with E-state index in [4.69, 9.17) is 0 Å². The molecule has 0 amide bonds. The van der Waals surface area contributed by atoms with Crippen LogP contribution in [0.1, 0.15) is 11.3 Å². The van der Waals surface area contributed by atoms with Gasteiger partial charge in [-0.05, 0) is 6.92 Å². The van der Waals surface area contributed by atoms with Gasteiger partial charge in [-0.1, -0.05) is 12.7 Å². The van der Waals surface area contributed by atoms with Crippen LogP contribution in [-0.2, 0) is 0 Å². The molecule has 1 N–H and O–H groups in total. The average molecular weight is 159 g/mol. The van der Waals surface area contributed by atoms with Crippen LogP contribution in [0.2, 0.25) is 0 Å². The number of nitrogens with zero attached hydrogens (tertiary/aromatic N) is 2. The summed E-state index contributed by atoms with van der Waals surface area (Å²) in [6, 6.07) is 0. The first-order valence-corrected chi connectivity index (χ1v) is 3.74. The lowest BCUT2D eigenvalue weighted by atomic mass is 10.1. The lowest BCUT2D eigenvalue weighted by Crippen LogP contribution is -1.79. The molecule has 3 nitrogen and oxygen atoms in total. The van der Waals surface area contributed by atoms with Crippen LogP contribution in [0.15, 0.2) is 19.0 Å². The fourth-order valence-corrected chi connectivity index (χ4v) is 1.31. The van der Waals surface area contributed by atoms with Crippen LogP contribution in [0.25, 0.3) is 17.0 Å². The maximum Gasteiger partial charge on any atom is 0.111 e. The number of aryl methyl sites for hydroxylation is 1.